The second-order valence-corrected chi connectivity index (χ2v) is 7.58. The molecule has 0 heterocycles. The lowest BCUT2D eigenvalue weighted by molar-refractivity contribution is -0.385. The van der Waals surface area contributed by atoms with E-state index in [2.05, 4.69) is 0 Å². The van der Waals surface area contributed by atoms with E-state index >= 15 is 0 Å². The SMILES string of the molecule is NS(=O)(=O)c1ccccc1-c1ccc([N+](=O)[O-])cc1S(N)(=O)=O. The molecule has 23 heavy (non-hydrogen) atoms. The minimum atomic E-state index is -4.34. The number of hydrogen-bond donors (Lipinski definition) is 2. The van der Waals surface area contributed by atoms with Crippen LogP contribution in [-0.4, -0.2) is 21.8 Å². The van der Waals surface area contributed by atoms with Gasteiger partial charge in [-0.15, -0.1) is 0 Å². The molecule has 2 aromatic carbocycles. The molecule has 4 N–H and O–H groups in total. The molecule has 122 valence electrons. The summed E-state index contributed by atoms with van der Waals surface area (Å²) in [5.74, 6) is 0. The van der Waals surface area contributed by atoms with Crippen molar-refractivity contribution >= 4 is 25.7 Å². The fourth-order valence-corrected chi connectivity index (χ4v) is 3.54. The van der Waals surface area contributed by atoms with Gasteiger partial charge in [-0.05, 0) is 12.1 Å². The van der Waals surface area contributed by atoms with E-state index in [9.17, 15) is 26.9 Å². The standard InChI is InChI=1S/C12H11N3O6S2/c13-22(18,19)11-4-2-1-3-9(11)10-6-5-8(15(16)17)7-12(10)23(14,20)21/h1-7H,(H2,13,18,19)(H2,14,20,21). The zero-order valence-electron chi connectivity index (χ0n) is 11.4. The number of primary sulfonamides is 2. The van der Waals surface area contributed by atoms with E-state index in [1.54, 1.807) is 0 Å². The quantitative estimate of drug-likeness (QED) is 0.599. The van der Waals surface area contributed by atoms with Crippen molar-refractivity contribution in [1.82, 2.24) is 0 Å². The molecule has 0 amide bonds. The normalized spacial score (nSPS) is 12.1. The largest absolute Gasteiger partial charge is 0.270 e. The Kier molecular flexibility index (Phi) is 4.22. The number of nitro benzene ring substituents is 1. The van der Waals surface area contributed by atoms with Crippen LogP contribution in [0.1, 0.15) is 0 Å². The van der Waals surface area contributed by atoms with Gasteiger partial charge in [0.25, 0.3) is 5.69 Å². The fraction of sp³-hybridized carbons (Fsp3) is 0. The second-order valence-electron chi connectivity index (χ2n) is 4.52. The van der Waals surface area contributed by atoms with Crippen LogP contribution in [-0.2, 0) is 20.0 Å². The number of hydrogen-bond acceptors (Lipinski definition) is 6. The maximum Gasteiger partial charge on any atom is 0.270 e. The first-order valence-electron chi connectivity index (χ1n) is 5.95. The molecule has 0 aromatic heterocycles. The van der Waals surface area contributed by atoms with Crippen molar-refractivity contribution in [1.29, 1.82) is 0 Å². The maximum atomic E-state index is 11.7. The lowest BCUT2D eigenvalue weighted by Gasteiger charge is -2.11. The van der Waals surface area contributed by atoms with Crippen LogP contribution in [0.3, 0.4) is 0 Å². The molecular formula is C12H11N3O6S2. The van der Waals surface area contributed by atoms with Crippen LogP contribution in [0.15, 0.2) is 52.3 Å². The summed E-state index contributed by atoms with van der Waals surface area (Å²) in [4.78, 5) is 9.13. The molecule has 0 aliphatic heterocycles. The van der Waals surface area contributed by atoms with E-state index in [1.165, 1.54) is 24.3 Å². The minimum Gasteiger partial charge on any atom is -0.258 e. The molecule has 0 radical (unpaired) electrons. The van der Waals surface area contributed by atoms with E-state index in [4.69, 9.17) is 10.3 Å². The van der Waals surface area contributed by atoms with Gasteiger partial charge in [0.2, 0.25) is 20.0 Å². The third-order valence-electron chi connectivity index (χ3n) is 2.97. The molecule has 0 unspecified atom stereocenters. The average Bonchev–Trinajstić information content (AvgIpc) is 2.44. The predicted molar refractivity (Wildman–Crippen MR) is 81.3 cm³/mol. The Morgan fingerprint density at radius 2 is 1.35 bits per heavy atom. The van der Waals surface area contributed by atoms with E-state index < -0.39 is 35.6 Å². The molecule has 9 nitrogen and oxygen atoms in total. The van der Waals surface area contributed by atoms with Crippen LogP contribution in [0, 0.1) is 10.1 Å². The lowest BCUT2D eigenvalue weighted by Crippen LogP contribution is -2.16. The second kappa shape index (κ2) is 5.70. The van der Waals surface area contributed by atoms with E-state index in [-0.39, 0.29) is 16.0 Å². The van der Waals surface area contributed by atoms with E-state index in [0.29, 0.717) is 0 Å². The molecule has 0 spiro atoms. The third kappa shape index (κ3) is 3.53. The van der Waals surface area contributed by atoms with E-state index in [0.717, 1.165) is 18.2 Å². The van der Waals surface area contributed by atoms with Crippen LogP contribution >= 0.6 is 0 Å². The van der Waals surface area contributed by atoms with Crippen molar-refractivity contribution < 1.29 is 21.8 Å². The molecule has 0 saturated heterocycles. The van der Waals surface area contributed by atoms with Gasteiger partial charge < -0.3 is 0 Å². The van der Waals surface area contributed by atoms with Crippen molar-refractivity contribution in [2.45, 2.75) is 9.79 Å². The van der Waals surface area contributed by atoms with Crippen LogP contribution in [0.5, 0.6) is 0 Å². The van der Waals surface area contributed by atoms with Gasteiger partial charge in [0, 0.05) is 23.3 Å². The Morgan fingerprint density at radius 3 is 1.87 bits per heavy atom. The van der Waals surface area contributed by atoms with Gasteiger partial charge in [-0.1, -0.05) is 18.2 Å². The van der Waals surface area contributed by atoms with Gasteiger partial charge in [0.15, 0.2) is 0 Å². The van der Waals surface area contributed by atoms with Crippen LogP contribution in [0.4, 0.5) is 5.69 Å². The molecule has 0 aliphatic carbocycles. The van der Waals surface area contributed by atoms with Crippen LogP contribution in [0.25, 0.3) is 11.1 Å². The fourth-order valence-electron chi connectivity index (χ4n) is 2.02. The van der Waals surface area contributed by atoms with Crippen molar-refractivity contribution in [2.24, 2.45) is 10.3 Å². The Bertz CT molecular complexity index is 999. The molecule has 0 bridgehead atoms. The highest BCUT2D eigenvalue weighted by molar-refractivity contribution is 7.89. The van der Waals surface area contributed by atoms with Crippen molar-refractivity contribution in [3.05, 3.63) is 52.6 Å². The summed E-state index contributed by atoms with van der Waals surface area (Å²) < 4.78 is 46.8. The monoisotopic (exact) mass is 357 g/mol. The molecule has 2 rings (SSSR count). The van der Waals surface area contributed by atoms with Crippen LogP contribution < -0.4 is 10.3 Å². The number of sulfonamides is 2. The smallest absolute Gasteiger partial charge is 0.258 e. The summed E-state index contributed by atoms with van der Waals surface area (Å²) in [5, 5.41) is 21.0. The predicted octanol–water partition coefficient (Wildman–Crippen LogP) is 0.557. The van der Waals surface area contributed by atoms with Crippen molar-refractivity contribution in [2.75, 3.05) is 0 Å². The van der Waals surface area contributed by atoms with Gasteiger partial charge in [-0.3, -0.25) is 10.1 Å². The summed E-state index contributed by atoms with van der Waals surface area (Å²) in [6.45, 7) is 0. The highest BCUT2D eigenvalue weighted by Crippen LogP contribution is 2.33. The van der Waals surface area contributed by atoms with Gasteiger partial charge in [-0.25, -0.2) is 27.1 Å². The molecular weight excluding hydrogens is 346 g/mol. The zero-order chi connectivity index (χ0) is 17.4. The Balaban J connectivity index is 2.88. The van der Waals surface area contributed by atoms with Gasteiger partial charge >= 0.3 is 0 Å². The number of nitrogens with zero attached hydrogens (tertiary/aromatic N) is 1. The minimum absolute atomic E-state index is 0.0195. The van der Waals surface area contributed by atoms with Gasteiger partial charge in [0.05, 0.1) is 14.7 Å². The number of benzene rings is 2. The molecule has 0 aliphatic rings. The first kappa shape index (κ1) is 17.0. The first-order chi connectivity index (χ1) is 10.5. The number of non-ortho nitro benzene ring substituents is 1. The summed E-state index contributed by atoms with van der Waals surface area (Å²) in [6, 6.07) is 8.33. The first-order valence-corrected chi connectivity index (χ1v) is 9.04. The maximum absolute atomic E-state index is 11.7. The molecule has 11 heteroatoms. The number of rotatable bonds is 4. The van der Waals surface area contributed by atoms with Gasteiger partial charge in [0.1, 0.15) is 0 Å². The Hall–Kier alpha value is -2.34. The summed E-state index contributed by atoms with van der Waals surface area (Å²) in [6.07, 6.45) is 0. The van der Waals surface area contributed by atoms with Crippen molar-refractivity contribution in [3.63, 3.8) is 0 Å². The summed E-state index contributed by atoms with van der Waals surface area (Å²) in [7, 11) is -8.48. The summed E-state index contributed by atoms with van der Waals surface area (Å²) in [5.41, 5.74) is -0.609. The number of nitrogens with two attached hydrogens (primary N) is 2. The molecule has 2 aromatic rings. The zero-order valence-corrected chi connectivity index (χ0v) is 13.0. The highest BCUT2D eigenvalue weighted by Gasteiger charge is 2.23. The number of nitro groups is 1. The molecule has 0 saturated carbocycles. The molecule has 0 fully saturated rings. The third-order valence-corrected chi connectivity index (χ3v) is 4.89. The highest BCUT2D eigenvalue weighted by atomic mass is 32.2. The van der Waals surface area contributed by atoms with E-state index in [1.807, 2.05) is 0 Å². The summed E-state index contributed by atoms with van der Waals surface area (Å²) >= 11 is 0. The topological polar surface area (TPSA) is 163 Å². The average molecular weight is 357 g/mol. The Morgan fingerprint density at radius 1 is 0.826 bits per heavy atom. The van der Waals surface area contributed by atoms with Crippen LogP contribution in [0.2, 0.25) is 0 Å². The van der Waals surface area contributed by atoms with Gasteiger partial charge in [-0.2, -0.15) is 0 Å². The molecule has 0 atom stereocenters. The Labute approximate surface area is 131 Å². The lowest BCUT2D eigenvalue weighted by atomic mass is 10.1. The van der Waals surface area contributed by atoms with Crippen molar-refractivity contribution in [3.8, 4) is 11.1 Å².